The van der Waals surface area contributed by atoms with Crippen molar-refractivity contribution < 1.29 is 35.9 Å². The molecule has 0 unspecified atom stereocenters. The third kappa shape index (κ3) is 5.43. The highest BCUT2D eigenvalue weighted by Crippen LogP contribution is 2.34. The number of Topliss-reactive ketones (excluding diaryl/α,β-unsaturated/α-hetero) is 1. The van der Waals surface area contributed by atoms with Crippen LogP contribution in [0.15, 0.2) is 70.7 Å². The van der Waals surface area contributed by atoms with Gasteiger partial charge in [0.1, 0.15) is 16.4 Å². The molecule has 12 heteroatoms. The number of nitrogens with zero attached hydrogens (tertiary/aromatic N) is 2. The first-order valence-corrected chi connectivity index (χ1v) is 11.7. The van der Waals surface area contributed by atoms with Gasteiger partial charge in [0.25, 0.3) is 0 Å². The van der Waals surface area contributed by atoms with Crippen LogP contribution in [0.25, 0.3) is 11.0 Å². The number of ether oxygens (including phenoxy) is 2. The highest BCUT2D eigenvalue weighted by Gasteiger charge is 2.32. The molecular formula is C23H18F3N3O5S. The van der Waals surface area contributed by atoms with Crippen molar-refractivity contribution in [3.8, 4) is 11.5 Å². The van der Waals surface area contributed by atoms with Crippen molar-refractivity contribution >= 4 is 26.7 Å². The molecule has 0 saturated carbocycles. The molecule has 2 heterocycles. The molecule has 182 valence electrons. The summed E-state index contributed by atoms with van der Waals surface area (Å²) in [5, 5.41) is 7.28. The molecule has 0 saturated heterocycles. The number of alkyl halides is 3. The van der Waals surface area contributed by atoms with E-state index in [9.17, 15) is 26.4 Å². The Bertz CT molecular complexity index is 1480. The molecule has 0 amide bonds. The van der Waals surface area contributed by atoms with E-state index in [1.165, 1.54) is 25.4 Å². The number of carbonyl (C=O) groups excluding carboxylic acids is 1. The molecule has 4 rings (SSSR count). The second kappa shape index (κ2) is 9.37. The summed E-state index contributed by atoms with van der Waals surface area (Å²) in [7, 11) is -3.02. The lowest BCUT2D eigenvalue weighted by molar-refractivity contribution is -0.274. The summed E-state index contributed by atoms with van der Waals surface area (Å²) in [5.41, 5.74) is 1.72. The van der Waals surface area contributed by atoms with Crippen LogP contribution in [0.4, 0.5) is 13.2 Å². The zero-order valence-electron chi connectivity index (χ0n) is 18.2. The summed E-state index contributed by atoms with van der Waals surface area (Å²) in [6.07, 6.45) is -1.43. The number of methoxy groups -OCH3 is 1. The third-order valence-corrected chi connectivity index (χ3v) is 6.94. The molecule has 0 spiro atoms. The van der Waals surface area contributed by atoms with Crippen LogP contribution in [0.3, 0.4) is 0 Å². The SMILES string of the molecule is COc1ccc(OC(F)(F)F)cc1S(=O)(=O)c1ccc(CCC(=O)c2cnc3[nH]ncc3c2)cc1. The van der Waals surface area contributed by atoms with Gasteiger partial charge in [-0.3, -0.25) is 9.89 Å². The van der Waals surface area contributed by atoms with E-state index in [4.69, 9.17) is 4.74 Å². The van der Waals surface area contributed by atoms with Crippen LogP contribution in [0.2, 0.25) is 0 Å². The maximum atomic E-state index is 13.1. The van der Waals surface area contributed by atoms with Crippen LogP contribution in [-0.4, -0.2) is 42.9 Å². The number of aryl methyl sites for hydroxylation is 1. The van der Waals surface area contributed by atoms with Crippen LogP contribution in [0.1, 0.15) is 22.3 Å². The number of nitrogens with one attached hydrogen (secondary N) is 1. The van der Waals surface area contributed by atoms with Gasteiger partial charge in [-0.05, 0) is 42.3 Å². The molecule has 0 aliphatic carbocycles. The number of benzene rings is 2. The van der Waals surface area contributed by atoms with Gasteiger partial charge in [-0.15, -0.1) is 13.2 Å². The fourth-order valence-corrected chi connectivity index (χ4v) is 4.85. The first kappa shape index (κ1) is 24.2. The van der Waals surface area contributed by atoms with Gasteiger partial charge >= 0.3 is 6.36 Å². The number of hydrogen-bond donors (Lipinski definition) is 1. The summed E-state index contributed by atoms with van der Waals surface area (Å²) in [4.78, 5) is 16.0. The van der Waals surface area contributed by atoms with Crippen LogP contribution < -0.4 is 9.47 Å². The third-order valence-electron chi connectivity index (χ3n) is 5.15. The zero-order valence-corrected chi connectivity index (χ0v) is 19.0. The number of ketones is 1. The Kier molecular flexibility index (Phi) is 6.48. The zero-order chi connectivity index (χ0) is 25.2. The van der Waals surface area contributed by atoms with E-state index < -0.39 is 26.8 Å². The van der Waals surface area contributed by atoms with Crippen molar-refractivity contribution in [1.29, 1.82) is 0 Å². The molecule has 2 aromatic carbocycles. The van der Waals surface area contributed by atoms with Crippen molar-refractivity contribution in [3.63, 3.8) is 0 Å². The van der Waals surface area contributed by atoms with Crippen LogP contribution in [0, 0.1) is 0 Å². The highest BCUT2D eigenvalue weighted by atomic mass is 32.2. The van der Waals surface area contributed by atoms with E-state index >= 15 is 0 Å². The number of pyridine rings is 1. The molecule has 1 N–H and O–H groups in total. The Morgan fingerprint density at radius 1 is 1.06 bits per heavy atom. The number of sulfone groups is 1. The first-order chi connectivity index (χ1) is 16.6. The Hall–Kier alpha value is -3.93. The monoisotopic (exact) mass is 505 g/mol. The van der Waals surface area contributed by atoms with Crippen molar-refractivity contribution in [1.82, 2.24) is 15.2 Å². The average Bonchev–Trinajstić information content (AvgIpc) is 3.30. The fourth-order valence-electron chi connectivity index (χ4n) is 3.42. The van der Waals surface area contributed by atoms with E-state index in [1.54, 1.807) is 24.4 Å². The second-order valence-corrected chi connectivity index (χ2v) is 9.38. The van der Waals surface area contributed by atoms with E-state index in [1.807, 2.05) is 0 Å². The van der Waals surface area contributed by atoms with Crippen molar-refractivity contribution in [2.24, 2.45) is 0 Å². The summed E-state index contributed by atoms with van der Waals surface area (Å²) in [6, 6.07) is 10.2. The van der Waals surface area contributed by atoms with Crippen molar-refractivity contribution in [3.05, 3.63) is 72.1 Å². The summed E-state index contributed by atoms with van der Waals surface area (Å²) in [5.74, 6) is -0.948. The minimum atomic E-state index is -4.98. The Morgan fingerprint density at radius 3 is 2.49 bits per heavy atom. The lowest BCUT2D eigenvalue weighted by Crippen LogP contribution is -2.17. The van der Waals surface area contributed by atoms with Crippen LogP contribution >= 0.6 is 0 Å². The highest BCUT2D eigenvalue weighted by molar-refractivity contribution is 7.91. The van der Waals surface area contributed by atoms with Gasteiger partial charge in [-0.2, -0.15) is 5.10 Å². The standard InChI is InChI=1S/C23H18F3N3O5S/c1-33-20-9-5-17(34-23(24,25)26)11-21(20)35(31,32)18-6-2-14(3-7-18)4-8-19(30)15-10-16-13-28-29-22(16)27-12-15/h2-3,5-7,9-13H,4,8H2,1H3,(H,27,28,29). The largest absolute Gasteiger partial charge is 0.573 e. The summed E-state index contributed by atoms with van der Waals surface area (Å²) < 4.78 is 72.8. The Balaban J connectivity index is 1.50. The number of aromatic nitrogens is 3. The molecule has 0 aliphatic heterocycles. The second-order valence-electron chi connectivity index (χ2n) is 7.46. The Labute approximate surface area is 197 Å². The van der Waals surface area contributed by atoms with Gasteiger partial charge in [0, 0.05) is 29.6 Å². The van der Waals surface area contributed by atoms with Gasteiger partial charge in [-0.25, -0.2) is 13.4 Å². The van der Waals surface area contributed by atoms with E-state index in [2.05, 4.69) is 19.9 Å². The van der Waals surface area contributed by atoms with Crippen molar-refractivity contribution in [2.75, 3.05) is 7.11 Å². The molecule has 0 fully saturated rings. The normalized spacial score (nSPS) is 12.0. The lowest BCUT2D eigenvalue weighted by Gasteiger charge is -2.14. The van der Waals surface area contributed by atoms with Crippen LogP contribution in [0.5, 0.6) is 11.5 Å². The molecule has 2 aromatic heterocycles. The van der Waals surface area contributed by atoms with Gasteiger partial charge in [0.15, 0.2) is 11.4 Å². The summed E-state index contributed by atoms with van der Waals surface area (Å²) in [6.45, 7) is 0. The van der Waals surface area contributed by atoms with Crippen molar-refractivity contribution in [2.45, 2.75) is 29.0 Å². The smallest absolute Gasteiger partial charge is 0.495 e. The van der Waals surface area contributed by atoms with Gasteiger partial charge in [0.2, 0.25) is 9.84 Å². The molecule has 0 bridgehead atoms. The minimum Gasteiger partial charge on any atom is -0.495 e. The van der Waals surface area contributed by atoms with Gasteiger partial charge < -0.3 is 9.47 Å². The number of H-pyrrole nitrogens is 1. The number of halogens is 3. The number of rotatable bonds is 8. The predicted octanol–water partition coefficient (Wildman–Crippen LogP) is 4.51. The summed E-state index contributed by atoms with van der Waals surface area (Å²) >= 11 is 0. The Morgan fingerprint density at radius 2 is 1.80 bits per heavy atom. The predicted molar refractivity (Wildman–Crippen MR) is 118 cm³/mol. The number of aromatic amines is 1. The maximum absolute atomic E-state index is 13.1. The van der Waals surface area contributed by atoms with Gasteiger partial charge in [-0.1, -0.05) is 12.1 Å². The molecule has 8 nitrogen and oxygen atoms in total. The molecular weight excluding hydrogens is 487 g/mol. The first-order valence-electron chi connectivity index (χ1n) is 10.2. The molecule has 4 aromatic rings. The van der Waals surface area contributed by atoms with Gasteiger partial charge in [0.05, 0.1) is 18.2 Å². The van der Waals surface area contributed by atoms with E-state index in [0.29, 0.717) is 28.6 Å². The molecule has 0 atom stereocenters. The quantitative estimate of drug-likeness (QED) is 0.351. The van der Waals surface area contributed by atoms with E-state index in [0.717, 1.165) is 18.2 Å². The minimum absolute atomic E-state index is 0.127. The van der Waals surface area contributed by atoms with E-state index in [-0.39, 0.29) is 22.8 Å². The molecule has 35 heavy (non-hydrogen) atoms. The maximum Gasteiger partial charge on any atom is 0.573 e. The van der Waals surface area contributed by atoms with Crippen LogP contribution in [-0.2, 0) is 16.3 Å². The lowest BCUT2D eigenvalue weighted by atomic mass is 10.0. The number of fused-ring (bicyclic) bond motifs is 1. The number of hydrogen-bond acceptors (Lipinski definition) is 7. The molecule has 0 aliphatic rings. The topological polar surface area (TPSA) is 111 Å². The average molecular weight is 505 g/mol. The molecule has 0 radical (unpaired) electrons. The number of carbonyl (C=O) groups is 1. The fraction of sp³-hybridized carbons (Fsp3) is 0.174.